The summed E-state index contributed by atoms with van der Waals surface area (Å²) in [5.74, 6) is 0. The smallest absolute Gasteiger partial charge is 0.0368 e. The SMILES string of the molecule is CCN(CCN)c1ccc(N2CCCC2)cc1. The summed E-state index contributed by atoms with van der Waals surface area (Å²) in [5, 5.41) is 0. The predicted octanol–water partition coefficient (Wildman–Crippen LogP) is 2.07. The van der Waals surface area contributed by atoms with Crippen LogP contribution in [0.3, 0.4) is 0 Å². The van der Waals surface area contributed by atoms with Crippen LogP contribution in [0.4, 0.5) is 11.4 Å². The van der Waals surface area contributed by atoms with Crippen molar-refractivity contribution in [1.82, 2.24) is 0 Å². The molecular formula is C14H23N3. The predicted molar refractivity (Wildman–Crippen MR) is 74.8 cm³/mol. The third-order valence-electron chi connectivity index (χ3n) is 3.47. The van der Waals surface area contributed by atoms with Crippen LogP contribution < -0.4 is 15.5 Å². The highest BCUT2D eigenvalue weighted by molar-refractivity contribution is 5.56. The zero-order chi connectivity index (χ0) is 12.1. The molecule has 0 aromatic heterocycles. The number of nitrogens with two attached hydrogens (primary N) is 1. The summed E-state index contributed by atoms with van der Waals surface area (Å²) in [6, 6.07) is 8.90. The van der Waals surface area contributed by atoms with Gasteiger partial charge in [0.25, 0.3) is 0 Å². The van der Waals surface area contributed by atoms with Gasteiger partial charge in [-0.25, -0.2) is 0 Å². The van der Waals surface area contributed by atoms with E-state index >= 15 is 0 Å². The average Bonchev–Trinajstić information content (AvgIpc) is 2.90. The summed E-state index contributed by atoms with van der Waals surface area (Å²) >= 11 is 0. The first-order chi connectivity index (χ1) is 8.35. The Balaban J connectivity index is 2.05. The topological polar surface area (TPSA) is 32.5 Å². The van der Waals surface area contributed by atoms with E-state index in [1.165, 1.54) is 37.3 Å². The molecular weight excluding hydrogens is 210 g/mol. The second kappa shape index (κ2) is 5.92. The van der Waals surface area contributed by atoms with E-state index in [0.717, 1.165) is 13.1 Å². The summed E-state index contributed by atoms with van der Waals surface area (Å²) in [7, 11) is 0. The Bertz CT molecular complexity index is 328. The van der Waals surface area contributed by atoms with E-state index in [2.05, 4.69) is 41.0 Å². The molecule has 94 valence electrons. The Morgan fingerprint density at radius 3 is 2.35 bits per heavy atom. The Labute approximate surface area is 104 Å². The van der Waals surface area contributed by atoms with Crippen LogP contribution in [0.25, 0.3) is 0 Å². The summed E-state index contributed by atoms with van der Waals surface area (Å²) in [6.07, 6.45) is 2.66. The van der Waals surface area contributed by atoms with E-state index in [-0.39, 0.29) is 0 Å². The van der Waals surface area contributed by atoms with Crippen LogP contribution >= 0.6 is 0 Å². The van der Waals surface area contributed by atoms with Gasteiger partial charge in [-0.05, 0) is 44.0 Å². The van der Waals surface area contributed by atoms with Crippen molar-refractivity contribution in [3.8, 4) is 0 Å². The highest BCUT2D eigenvalue weighted by Crippen LogP contribution is 2.23. The molecule has 1 aromatic rings. The highest BCUT2D eigenvalue weighted by Gasteiger charge is 2.12. The molecule has 0 aliphatic carbocycles. The van der Waals surface area contributed by atoms with Crippen LogP contribution in [0.2, 0.25) is 0 Å². The number of hydrogen-bond donors (Lipinski definition) is 1. The Morgan fingerprint density at radius 1 is 1.18 bits per heavy atom. The molecule has 1 fully saturated rings. The second-order valence-electron chi connectivity index (χ2n) is 4.58. The monoisotopic (exact) mass is 233 g/mol. The minimum absolute atomic E-state index is 0.710. The quantitative estimate of drug-likeness (QED) is 0.845. The largest absolute Gasteiger partial charge is 0.372 e. The first kappa shape index (κ1) is 12.2. The van der Waals surface area contributed by atoms with Crippen molar-refractivity contribution < 1.29 is 0 Å². The van der Waals surface area contributed by atoms with Gasteiger partial charge in [0.1, 0.15) is 0 Å². The molecule has 0 radical (unpaired) electrons. The highest BCUT2D eigenvalue weighted by atomic mass is 15.1. The Kier molecular flexibility index (Phi) is 4.26. The number of hydrogen-bond acceptors (Lipinski definition) is 3. The van der Waals surface area contributed by atoms with Crippen molar-refractivity contribution in [3.05, 3.63) is 24.3 Å². The number of rotatable bonds is 5. The summed E-state index contributed by atoms with van der Waals surface area (Å²) in [6.45, 7) is 7.24. The molecule has 1 saturated heterocycles. The average molecular weight is 233 g/mol. The normalized spacial score (nSPS) is 15.3. The molecule has 3 nitrogen and oxygen atoms in total. The number of likely N-dealkylation sites (N-methyl/N-ethyl adjacent to an activating group) is 1. The maximum absolute atomic E-state index is 5.62. The molecule has 0 bridgehead atoms. The van der Waals surface area contributed by atoms with Crippen LogP contribution in [0, 0.1) is 0 Å². The maximum Gasteiger partial charge on any atom is 0.0368 e. The third-order valence-corrected chi connectivity index (χ3v) is 3.47. The van der Waals surface area contributed by atoms with Crippen molar-refractivity contribution in [1.29, 1.82) is 0 Å². The molecule has 1 aliphatic heterocycles. The lowest BCUT2D eigenvalue weighted by atomic mass is 10.2. The van der Waals surface area contributed by atoms with E-state index in [4.69, 9.17) is 5.73 Å². The van der Waals surface area contributed by atoms with Crippen LogP contribution in [-0.2, 0) is 0 Å². The molecule has 1 aliphatic rings. The molecule has 2 N–H and O–H groups in total. The maximum atomic E-state index is 5.62. The first-order valence-corrected chi connectivity index (χ1v) is 6.65. The Morgan fingerprint density at radius 2 is 1.82 bits per heavy atom. The minimum Gasteiger partial charge on any atom is -0.372 e. The third kappa shape index (κ3) is 2.91. The second-order valence-corrected chi connectivity index (χ2v) is 4.58. The summed E-state index contributed by atoms with van der Waals surface area (Å²) < 4.78 is 0. The molecule has 2 rings (SSSR count). The van der Waals surface area contributed by atoms with Gasteiger partial charge in [0.15, 0.2) is 0 Å². The van der Waals surface area contributed by atoms with Gasteiger partial charge in [-0.15, -0.1) is 0 Å². The van der Waals surface area contributed by atoms with Gasteiger partial charge in [0.2, 0.25) is 0 Å². The lowest BCUT2D eigenvalue weighted by molar-refractivity contribution is 0.816. The number of anilines is 2. The molecule has 1 heterocycles. The minimum atomic E-state index is 0.710. The van der Waals surface area contributed by atoms with E-state index < -0.39 is 0 Å². The lowest BCUT2D eigenvalue weighted by Crippen LogP contribution is -2.29. The van der Waals surface area contributed by atoms with E-state index in [1.54, 1.807) is 0 Å². The number of benzene rings is 1. The van der Waals surface area contributed by atoms with Crippen LogP contribution in [0.1, 0.15) is 19.8 Å². The van der Waals surface area contributed by atoms with Crippen molar-refractivity contribution >= 4 is 11.4 Å². The number of nitrogens with zero attached hydrogens (tertiary/aromatic N) is 2. The molecule has 17 heavy (non-hydrogen) atoms. The van der Waals surface area contributed by atoms with Crippen molar-refractivity contribution in [2.24, 2.45) is 5.73 Å². The molecule has 0 spiro atoms. The zero-order valence-corrected chi connectivity index (χ0v) is 10.7. The van der Waals surface area contributed by atoms with E-state index in [1.807, 2.05) is 0 Å². The first-order valence-electron chi connectivity index (χ1n) is 6.65. The molecule has 0 atom stereocenters. The zero-order valence-electron chi connectivity index (χ0n) is 10.7. The molecule has 3 heteroatoms. The Hall–Kier alpha value is -1.22. The van der Waals surface area contributed by atoms with Gasteiger partial charge in [-0.2, -0.15) is 0 Å². The molecule has 0 amide bonds. The van der Waals surface area contributed by atoms with Gasteiger partial charge >= 0.3 is 0 Å². The van der Waals surface area contributed by atoms with Gasteiger partial charge < -0.3 is 15.5 Å². The van der Waals surface area contributed by atoms with Gasteiger partial charge in [-0.3, -0.25) is 0 Å². The fraction of sp³-hybridized carbons (Fsp3) is 0.571. The van der Waals surface area contributed by atoms with Crippen molar-refractivity contribution in [3.63, 3.8) is 0 Å². The molecule has 1 aromatic carbocycles. The summed E-state index contributed by atoms with van der Waals surface area (Å²) in [4.78, 5) is 4.77. The van der Waals surface area contributed by atoms with Gasteiger partial charge in [0.05, 0.1) is 0 Å². The van der Waals surface area contributed by atoms with Crippen LogP contribution in [0.15, 0.2) is 24.3 Å². The fourth-order valence-electron chi connectivity index (χ4n) is 2.48. The molecule has 0 unspecified atom stereocenters. The van der Waals surface area contributed by atoms with E-state index in [9.17, 15) is 0 Å². The summed E-state index contributed by atoms with van der Waals surface area (Å²) in [5.41, 5.74) is 8.26. The van der Waals surface area contributed by atoms with Gasteiger partial charge in [0, 0.05) is 44.1 Å². The lowest BCUT2D eigenvalue weighted by Gasteiger charge is -2.24. The van der Waals surface area contributed by atoms with Crippen LogP contribution in [0.5, 0.6) is 0 Å². The standard InChI is InChI=1S/C14H23N3/c1-2-16(12-9-15)13-5-7-14(8-6-13)17-10-3-4-11-17/h5-8H,2-4,9-12,15H2,1H3. The van der Waals surface area contributed by atoms with E-state index in [0.29, 0.717) is 6.54 Å². The van der Waals surface area contributed by atoms with Crippen LogP contribution in [-0.4, -0.2) is 32.7 Å². The van der Waals surface area contributed by atoms with Crippen molar-refractivity contribution in [2.45, 2.75) is 19.8 Å². The van der Waals surface area contributed by atoms with Crippen molar-refractivity contribution in [2.75, 3.05) is 42.5 Å². The van der Waals surface area contributed by atoms with Gasteiger partial charge in [-0.1, -0.05) is 0 Å². The fourth-order valence-corrected chi connectivity index (χ4v) is 2.48. The molecule has 0 saturated carbocycles.